The molecular weight excluding hydrogens is 340 g/mol. The Morgan fingerprint density at radius 1 is 1.12 bits per heavy atom. The van der Waals surface area contributed by atoms with Gasteiger partial charge in [-0.15, -0.1) is 0 Å². The summed E-state index contributed by atoms with van der Waals surface area (Å²) in [5, 5.41) is 0. The van der Waals surface area contributed by atoms with Gasteiger partial charge < -0.3 is 22.1 Å². The Labute approximate surface area is 164 Å². The predicted octanol–water partition coefficient (Wildman–Crippen LogP) is 3.85. The number of nitrogens with two attached hydrogens (primary N) is 3. The van der Waals surface area contributed by atoms with Gasteiger partial charge >= 0.3 is 0 Å². The van der Waals surface area contributed by atoms with Crippen molar-refractivity contribution in [1.82, 2.24) is 4.90 Å². The van der Waals surface area contributed by atoms with Crippen LogP contribution in [0.15, 0.2) is 71.9 Å². The molecule has 0 atom stereocenters. The van der Waals surface area contributed by atoms with E-state index in [9.17, 15) is 0 Å². The number of hydrogen-bond donors (Lipinski definition) is 4. The fourth-order valence-corrected chi connectivity index (χ4v) is 2.48. The fraction of sp³-hybridized carbons (Fsp3) is 0.333. The number of benzene rings is 1. The van der Waals surface area contributed by atoms with Crippen molar-refractivity contribution in [3.63, 3.8) is 0 Å². The molecule has 0 heterocycles. The van der Waals surface area contributed by atoms with E-state index < -0.39 is 0 Å². The summed E-state index contributed by atoms with van der Waals surface area (Å²) in [6.45, 7) is 9.23. The number of allylic oxidation sites excluding steroid dienone is 3. The van der Waals surface area contributed by atoms with Crippen molar-refractivity contribution in [2.45, 2.75) is 33.7 Å². The minimum atomic E-state index is 0.376. The molecule has 0 spiro atoms. The van der Waals surface area contributed by atoms with Crippen molar-refractivity contribution in [2.24, 2.45) is 17.2 Å². The summed E-state index contributed by atoms with van der Waals surface area (Å²) < 4.78 is 0. The zero-order chi connectivity index (χ0) is 20.1. The van der Waals surface area contributed by atoms with Gasteiger partial charge in [0.15, 0.2) is 0 Å². The van der Waals surface area contributed by atoms with Crippen LogP contribution in [0.1, 0.15) is 33.3 Å². The van der Waals surface area contributed by atoms with E-state index in [1.54, 1.807) is 18.7 Å². The number of hydrogen-bond acceptors (Lipinski definition) is 5. The monoisotopic (exact) mass is 374 g/mol. The molecule has 4 nitrogen and oxygen atoms in total. The molecule has 0 radical (unpaired) electrons. The van der Waals surface area contributed by atoms with E-state index in [0.29, 0.717) is 11.7 Å². The van der Waals surface area contributed by atoms with Crippen LogP contribution in [0.4, 0.5) is 0 Å². The molecule has 0 saturated carbocycles. The standard InChI is InChI=1S/C20H30N4.CH4S/c1-5-24(15(2)3)14-20(23)19(13-22)16(4)11-18(12-21)17-9-7-6-8-10-17;1-2/h6-15H,5,21-23H2,1-4H3;2H,1H3/b16-11+,18-12+,19-13+,20-14-;. The van der Waals surface area contributed by atoms with Crippen LogP contribution in [0.25, 0.3) is 5.57 Å². The van der Waals surface area contributed by atoms with E-state index in [0.717, 1.165) is 28.8 Å². The maximum atomic E-state index is 6.28. The van der Waals surface area contributed by atoms with E-state index in [1.165, 1.54) is 0 Å². The first kappa shape index (κ1) is 23.7. The maximum absolute atomic E-state index is 6.28. The second-order valence-corrected chi connectivity index (χ2v) is 5.90. The third-order valence-corrected chi connectivity index (χ3v) is 3.89. The molecule has 0 saturated heterocycles. The second kappa shape index (κ2) is 13.0. The molecule has 1 aromatic rings. The molecule has 6 N–H and O–H groups in total. The topological polar surface area (TPSA) is 81.3 Å². The van der Waals surface area contributed by atoms with Crippen molar-refractivity contribution < 1.29 is 0 Å². The zero-order valence-corrected chi connectivity index (χ0v) is 17.5. The first-order valence-corrected chi connectivity index (χ1v) is 9.60. The highest BCUT2D eigenvalue weighted by Crippen LogP contribution is 2.22. The van der Waals surface area contributed by atoms with Crippen LogP contribution in [0.3, 0.4) is 0 Å². The molecule has 1 aromatic carbocycles. The lowest BCUT2D eigenvalue weighted by atomic mass is 9.99. The molecule has 0 bridgehead atoms. The summed E-state index contributed by atoms with van der Waals surface area (Å²) in [4.78, 5) is 2.17. The van der Waals surface area contributed by atoms with Gasteiger partial charge in [0, 0.05) is 36.8 Å². The molecule has 1 rings (SSSR count). The van der Waals surface area contributed by atoms with Crippen molar-refractivity contribution >= 4 is 18.2 Å². The van der Waals surface area contributed by atoms with E-state index in [2.05, 4.69) is 38.3 Å². The highest BCUT2D eigenvalue weighted by molar-refractivity contribution is 7.79. The molecule has 0 unspecified atom stereocenters. The number of thiol groups is 1. The van der Waals surface area contributed by atoms with Crippen LogP contribution in [0, 0.1) is 0 Å². The van der Waals surface area contributed by atoms with E-state index in [-0.39, 0.29) is 0 Å². The first-order valence-electron chi connectivity index (χ1n) is 8.70. The number of nitrogens with zero attached hydrogens (tertiary/aromatic N) is 1. The Kier molecular flexibility index (Phi) is 11.9. The van der Waals surface area contributed by atoms with Gasteiger partial charge in [0.1, 0.15) is 0 Å². The van der Waals surface area contributed by atoms with Gasteiger partial charge in [-0.1, -0.05) is 30.3 Å². The van der Waals surface area contributed by atoms with Gasteiger partial charge in [0.2, 0.25) is 0 Å². The average Bonchev–Trinajstić information content (AvgIpc) is 2.66. The summed E-state index contributed by atoms with van der Waals surface area (Å²) in [6.07, 6.45) is 8.79. The lowest BCUT2D eigenvalue weighted by Gasteiger charge is -2.24. The molecule has 0 aromatic heterocycles. The van der Waals surface area contributed by atoms with Gasteiger partial charge in [0.25, 0.3) is 0 Å². The molecule has 144 valence electrons. The average molecular weight is 375 g/mol. The van der Waals surface area contributed by atoms with Gasteiger partial charge in [-0.2, -0.15) is 12.6 Å². The highest BCUT2D eigenvalue weighted by Gasteiger charge is 2.09. The van der Waals surface area contributed by atoms with Crippen LogP contribution >= 0.6 is 12.6 Å². The van der Waals surface area contributed by atoms with Crippen molar-refractivity contribution in [3.05, 3.63) is 77.4 Å². The SMILES string of the molecule is CCN(/C=C(N)/C(=C/N)C(/C)=C/C(=C\N)c1ccccc1)C(C)C.CS. The smallest absolute Gasteiger partial charge is 0.0566 e. The normalized spacial score (nSPS) is 13.3. The Morgan fingerprint density at radius 2 is 1.69 bits per heavy atom. The van der Waals surface area contributed by atoms with Crippen molar-refractivity contribution in [1.29, 1.82) is 0 Å². The number of rotatable bonds is 7. The summed E-state index contributed by atoms with van der Waals surface area (Å²) >= 11 is 3.53. The largest absolute Gasteiger partial charge is 0.404 e. The van der Waals surface area contributed by atoms with Crippen LogP contribution in [-0.2, 0) is 0 Å². The van der Waals surface area contributed by atoms with Gasteiger partial charge in [-0.25, -0.2) is 0 Å². The summed E-state index contributed by atoms with van der Waals surface area (Å²) in [5.41, 5.74) is 22.3. The highest BCUT2D eigenvalue weighted by atomic mass is 32.1. The molecule has 0 aliphatic rings. The predicted molar refractivity (Wildman–Crippen MR) is 119 cm³/mol. The van der Waals surface area contributed by atoms with E-state index in [4.69, 9.17) is 17.2 Å². The molecule has 26 heavy (non-hydrogen) atoms. The Balaban J connectivity index is 0.00000301. The summed E-state index contributed by atoms with van der Waals surface area (Å²) in [7, 11) is 0. The molecule has 5 heteroatoms. The van der Waals surface area contributed by atoms with Crippen LogP contribution < -0.4 is 17.2 Å². The Hall–Kier alpha value is -2.27. The Morgan fingerprint density at radius 3 is 2.12 bits per heavy atom. The Bertz CT molecular complexity index is 643. The third-order valence-electron chi connectivity index (χ3n) is 3.89. The molecule has 0 fully saturated rings. The van der Waals surface area contributed by atoms with Crippen LogP contribution in [0.2, 0.25) is 0 Å². The van der Waals surface area contributed by atoms with Gasteiger partial charge in [0.05, 0.1) is 5.70 Å². The van der Waals surface area contributed by atoms with E-state index in [1.807, 2.05) is 49.5 Å². The molecular formula is C21H34N4S. The minimum Gasteiger partial charge on any atom is -0.404 e. The quantitative estimate of drug-likeness (QED) is 0.432. The third kappa shape index (κ3) is 7.31. The summed E-state index contributed by atoms with van der Waals surface area (Å²) in [6, 6.07) is 10.4. The lowest BCUT2D eigenvalue weighted by Crippen LogP contribution is -2.26. The second-order valence-electron chi connectivity index (χ2n) is 5.90. The summed E-state index contributed by atoms with van der Waals surface area (Å²) in [5.74, 6) is 0. The van der Waals surface area contributed by atoms with Gasteiger partial charge in [-0.3, -0.25) is 0 Å². The molecule has 0 aliphatic carbocycles. The van der Waals surface area contributed by atoms with Crippen molar-refractivity contribution in [2.75, 3.05) is 12.8 Å². The van der Waals surface area contributed by atoms with Crippen LogP contribution in [-0.4, -0.2) is 23.7 Å². The first-order chi connectivity index (χ1) is 12.4. The minimum absolute atomic E-state index is 0.376. The maximum Gasteiger partial charge on any atom is 0.0566 e. The lowest BCUT2D eigenvalue weighted by molar-refractivity contribution is 0.325. The zero-order valence-electron chi connectivity index (χ0n) is 16.6. The van der Waals surface area contributed by atoms with Crippen molar-refractivity contribution in [3.8, 4) is 0 Å². The van der Waals surface area contributed by atoms with Gasteiger partial charge in [-0.05, 0) is 56.7 Å². The van der Waals surface area contributed by atoms with Crippen LogP contribution in [0.5, 0.6) is 0 Å². The van der Waals surface area contributed by atoms with E-state index >= 15 is 0 Å². The fourth-order valence-electron chi connectivity index (χ4n) is 2.48. The molecule has 0 amide bonds. The molecule has 0 aliphatic heterocycles.